The molecule has 20 heavy (non-hydrogen) atoms. The van der Waals surface area contributed by atoms with E-state index in [1.807, 2.05) is 24.3 Å². The summed E-state index contributed by atoms with van der Waals surface area (Å²) in [5.41, 5.74) is 0. The van der Waals surface area contributed by atoms with Crippen molar-refractivity contribution < 1.29 is 13.9 Å². The molecule has 0 spiro atoms. The Labute approximate surface area is 121 Å². The van der Waals surface area contributed by atoms with Crippen LogP contribution in [0, 0.1) is 0 Å². The lowest BCUT2D eigenvalue weighted by Crippen LogP contribution is -2.21. The minimum absolute atomic E-state index is 0.335. The van der Waals surface area contributed by atoms with Crippen molar-refractivity contribution in [2.45, 2.75) is 31.1 Å². The van der Waals surface area contributed by atoms with Gasteiger partial charge < -0.3 is 13.9 Å². The lowest BCUT2D eigenvalue weighted by Gasteiger charge is -2.23. The number of aromatic nitrogens is 2. The first-order chi connectivity index (χ1) is 9.86. The summed E-state index contributed by atoms with van der Waals surface area (Å²) in [7, 11) is 0. The van der Waals surface area contributed by atoms with Crippen molar-refractivity contribution >= 4 is 11.8 Å². The van der Waals surface area contributed by atoms with Crippen LogP contribution in [-0.2, 0) is 0 Å². The van der Waals surface area contributed by atoms with Gasteiger partial charge in [-0.25, -0.2) is 0 Å². The molecule has 106 valence electrons. The van der Waals surface area contributed by atoms with E-state index in [1.54, 1.807) is 11.8 Å². The molecule has 1 aliphatic heterocycles. The van der Waals surface area contributed by atoms with Gasteiger partial charge in [-0.1, -0.05) is 37.2 Å². The first kappa shape index (κ1) is 13.3. The number of thioether (sulfide) groups is 1. The Balaban J connectivity index is 1.66. The van der Waals surface area contributed by atoms with Crippen molar-refractivity contribution in [1.29, 1.82) is 0 Å². The summed E-state index contributed by atoms with van der Waals surface area (Å²) in [5, 5.41) is 8.67. The van der Waals surface area contributed by atoms with Gasteiger partial charge >= 0.3 is 0 Å². The van der Waals surface area contributed by atoms with E-state index in [1.165, 1.54) is 0 Å². The van der Waals surface area contributed by atoms with Gasteiger partial charge in [-0.2, -0.15) is 0 Å². The lowest BCUT2D eigenvalue weighted by molar-refractivity contribution is 0.0686. The van der Waals surface area contributed by atoms with Crippen molar-refractivity contribution in [3.63, 3.8) is 0 Å². The van der Waals surface area contributed by atoms with Crippen molar-refractivity contribution in [2.24, 2.45) is 0 Å². The number of ether oxygens (including phenoxy) is 2. The Bertz CT molecular complexity index is 573. The largest absolute Gasteiger partial charge is 0.485 e. The molecule has 0 radical (unpaired) electrons. The smallest absolute Gasteiger partial charge is 0.276 e. The average molecular weight is 292 g/mol. The maximum atomic E-state index is 5.83. The molecule has 0 fully saturated rings. The molecule has 0 bridgehead atoms. The summed E-state index contributed by atoms with van der Waals surface area (Å²) >= 11 is 1.58. The van der Waals surface area contributed by atoms with Gasteiger partial charge in [-0.05, 0) is 18.6 Å². The highest BCUT2D eigenvalue weighted by molar-refractivity contribution is 7.99. The van der Waals surface area contributed by atoms with Gasteiger partial charge in [0.05, 0.1) is 0 Å². The van der Waals surface area contributed by atoms with Gasteiger partial charge in [0.25, 0.3) is 11.1 Å². The summed E-state index contributed by atoms with van der Waals surface area (Å²) in [5.74, 6) is 2.92. The number of hydrogen-bond acceptors (Lipinski definition) is 6. The lowest BCUT2D eigenvalue weighted by atomic mass is 10.2. The van der Waals surface area contributed by atoms with Crippen LogP contribution in [-0.4, -0.2) is 22.6 Å². The normalized spacial score (nSPS) is 17.1. The van der Waals surface area contributed by atoms with E-state index >= 15 is 0 Å². The van der Waals surface area contributed by atoms with Gasteiger partial charge in [-0.15, -0.1) is 10.2 Å². The van der Waals surface area contributed by atoms with Crippen LogP contribution in [0.3, 0.4) is 0 Å². The van der Waals surface area contributed by atoms with Gasteiger partial charge in [0.2, 0.25) is 6.10 Å². The first-order valence-electron chi connectivity index (χ1n) is 6.71. The predicted molar refractivity (Wildman–Crippen MR) is 75.2 cm³/mol. The second-order valence-corrected chi connectivity index (χ2v) is 5.52. The van der Waals surface area contributed by atoms with E-state index in [4.69, 9.17) is 13.9 Å². The van der Waals surface area contributed by atoms with E-state index < -0.39 is 0 Å². The van der Waals surface area contributed by atoms with Gasteiger partial charge in [0.15, 0.2) is 11.5 Å². The second kappa shape index (κ2) is 6.17. The number of rotatable bonds is 5. The summed E-state index contributed by atoms with van der Waals surface area (Å²) in [6.07, 6.45) is 1.96. The fraction of sp³-hybridized carbons (Fsp3) is 0.429. The maximum absolute atomic E-state index is 5.83. The van der Waals surface area contributed by atoms with E-state index in [-0.39, 0.29) is 6.10 Å². The van der Waals surface area contributed by atoms with Crippen molar-refractivity contribution in [1.82, 2.24) is 10.2 Å². The average Bonchev–Trinajstić information content (AvgIpc) is 2.96. The summed E-state index contributed by atoms with van der Waals surface area (Å²) in [4.78, 5) is 0. The zero-order valence-corrected chi connectivity index (χ0v) is 12.1. The fourth-order valence-corrected chi connectivity index (χ4v) is 2.70. The molecular weight excluding hydrogens is 276 g/mol. The maximum Gasteiger partial charge on any atom is 0.276 e. The number of benzene rings is 1. The minimum atomic E-state index is -0.335. The Morgan fingerprint density at radius 3 is 2.95 bits per heavy atom. The topological polar surface area (TPSA) is 57.4 Å². The number of fused-ring (bicyclic) bond motifs is 1. The highest BCUT2D eigenvalue weighted by atomic mass is 32.2. The van der Waals surface area contributed by atoms with Crippen LogP contribution in [0.1, 0.15) is 31.8 Å². The monoisotopic (exact) mass is 292 g/mol. The highest BCUT2D eigenvalue weighted by Crippen LogP contribution is 2.35. The van der Waals surface area contributed by atoms with Crippen LogP contribution in [0.4, 0.5) is 0 Å². The standard InChI is InChI=1S/C14H16N2O3S/c1-2-3-8-20-14-16-15-13(19-14)12-9-17-10-6-4-5-7-11(10)18-12/h4-7,12H,2-3,8-9H2,1H3. The van der Waals surface area contributed by atoms with E-state index in [0.29, 0.717) is 23.5 Å². The van der Waals surface area contributed by atoms with Crippen LogP contribution in [0.15, 0.2) is 33.9 Å². The summed E-state index contributed by atoms with van der Waals surface area (Å²) in [6, 6.07) is 7.57. The Kier molecular flexibility index (Phi) is 4.11. The van der Waals surface area contributed by atoms with Crippen molar-refractivity contribution in [3.05, 3.63) is 30.2 Å². The molecule has 6 heteroatoms. The summed E-state index contributed by atoms with van der Waals surface area (Å²) < 4.78 is 17.1. The molecule has 1 aromatic heterocycles. The SMILES string of the molecule is CCCCSc1nnc(C2COc3ccccc3O2)o1. The third kappa shape index (κ3) is 2.90. The Morgan fingerprint density at radius 2 is 2.10 bits per heavy atom. The third-order valence-electron chi connectivity index (χ3n) is 2.93. The molecule has 0 saturated heterocycles. The molecule has 0 amide bonds. The minimum Gasteiger partial charge on any atom is -0.485 e. The molecule has 2 heterocycles. The second-order valence-electron chi connectivity index (χ2n) is 4.47. The van der Waals surface area contributed by atoms with Crippen LogP contribution in [0.5, 0.6) is 11.5 Å². The van der Waals surface area contributed by atoms with Crippen LogP contribution >= 0.6 is 11.8 Å². The molecule has 1 unspecified atom stereocenters. The predicted octanol–water partition coefficient (Wildman–Crippen LogP) is 3.47. The molecule has 0 N–H and O–H groups in total. The zero-order chi connectivity index (χ0) is 13.8. The van der Waals surface area contributed by atoms with Crippen LogP contribution < -0.4 is 9.47 Å². The van der Waals surface area contributed by atoms with Gasteiger partial charge in [0.1, 0.15) is 6.61 Å². The van der Waals surface area contributed by atoms with Crippen LogP contribution in [0.25, 0.3) is 0 Å². The summed E-state index contributed by atoms with van der Waals surface area (Å²) in [6.45, 7) is 2.54. The number of unbranched alkanes of at least 4 members (excludes halogenated alkanes) is 1. The number of para-hydroxylation sites is 2. The van der Waals surface area contributed by atoms with Gasteiger partial charge in [-0.3, -0.25) is 0 Å². The Hall–Kier alpha value is -1.69. The fourth-order valence-electron chi connectivity index (χ4n) is 1.85. The van der Waals surface area contributed by atoms with Crippen LogP contribution in [0.2, 0.25) is 0 Å². The Morgan fingerprint density at radius 1 is 1.25 bits per heavy atom. The number of nitrogens with zero attached hydrogens (tertiary/aromatic N) is 2. The van der Waals surface area contributed by atoms with E-state index in [9.17, 15) is 0 Å². The molecule has 1 aromatic carbocycles. The molecule has 1 aliphatic rings. The van der Waals surface area contributed by atoms with Gasteiger partial charge in [0, 0.05) is 5.75 Å². The molecule has 1 atom stereocenters. The number of hydrogen-bond donors (Lipinski definition) is 0. The quantitative estimate of drug-likeness (QED) is 0.621. The molecule has 2 aromatic rings. The van der Waals surface area contributed by atoms with E-state index in [0.717, 1.165) is 24.3 Å². The van der Waals surface area contributed by atoms with Crippen molar-refractivity contribution in [3.8, 4) is 11.5 Å². The molecular formula is C14H16N2O3S. The molecule has 5 nitrogen and oxygen atoms in total. The third-order valence-corrected chi connectivity index (χ3v) is 3.83. The molecule has 0 aliphatic carbocycles. The zero-order valence-electron chi connectivity index (χ0n) is 11.2. The van der Waals surface area contributed by atoms with E-state index in [2.05, 4.69) is 17.1 Å². The highest BCUT2D eigenvalue weighted by Gasteiger charge is 2.27. The first-order valence-corrected chi connectivity index (χ1v) is 7.70. The molecule has 0 saturated carbocycles. The molecule has 3 rings (SSSR count). The van der Waals surface area contributed by atoms with Crippen molar-refractivity contribution in [2.75, 3.05) is 12.4 Å².